The molecule has 2 aromatic carbocycles. The molecule has 8 heteroatoms. The van der Waals surface area contributed by atoms with Crippen LogP contribution in [-0.2, 0) is 22.4 Å². The summed E-state index contributed by atoms with van der Waals surface area (Å²) in [7, 11) is 3.18. The molecule has 0 saturated heterocycles. The van der Waals surface area contributed by atoms with Crippen molar-refractivity contribution in [1.29, 1.82) is 0 Å². The van der Waals surface area contributed by atoms with Gasteiger partial charge in [0.1, 0.15) is 5.75 Å². The van der Waals surface area contributed by atoms with E-state index in [0.29, 0.717) is 23.8 Å². The van der Waals surface area contributed by atoms with Crippen LogP contribution in [0.2, 0.25) is 0 Å². The van der Waals surface area contributed by atoms with Crippen LogP contribution in [0.1, 0.15) is 17.9 Å². The van der Waals surface area contributed by atoms with E-state index in [-0.39, 0.29) is 24.7 Å². The van der Waals surface area contributed by atoms with E-state index >= 15 is 0 Å². The quantitative estimate of drug-likeness (QED) is 0.608. The number of carbonyl (C=O) groups is 2. The number of rotatable bonds is 8. The minimum Gasteiger partial charge on any atom is -0.497 e. The first kappa shape index (κ1) is 20.1. The predicted molar refractivity (Wildman–Crippen MR) is 107 cm³/mol. The SMILES string of the molecule is CNC(=O)Cc1ccccc1NC(=O)CCc1nc(-c2ccc(OC)cc2)no1. The maximum absolute atomic E-state index is 12.3. The van der Waals surface area contributed by atoms with Crippen LogP contribution in [0.15, 0.2) is 53.1 Å². The Kier molecular flexibility index (Phi) is 6.57. The average Bonchev–Trinajstić information content (AvgIpc) is 3.22. The molecule has 1 aromatic heterocycles. The van der Waals surface area contributed by atoms with Gasteiger partial charge in [-0.25, -0.2) is 0 Å². The van der Waals surface area contributed by atoms with Gasteiger partial charge in [-0.15, -0.1) is 0 Å². The number of carbonyl (C=O) groups excluding carboxylic acids is 2. The lowest BCUT2D eigenvalue weighted by Crippen LogP contribution is -2.21. The molecular weight excluding hydrogens is 372 g/mol. The minimum atomic E-state index is -0.196. The predicted octanol–water partition coefficient (Wildman–Crippen LogP) is 2.61. The molecule has 0 unspecified atom stereocenters. The van der Waals surface area contributed by atoms with Crippen molar-refractivity contribution in [1.82, 2.24) is 15.5 Å². The van der Waals surface area contributed by atoms with E-state index in [1.54, 1.807) is 20.2 Å². The van der Waals surface area contributed by atoms with E-state index in [1.807, 2.05) is 42.5 Å². The Labute approximate surface area is 168 Å². The Morgan fingerprint density at radius 2 is 1.83 bits per heavy atom. The zero-order valence-electron chi connectivity index (χ0n) is 16.3. The summed E-state index contributed by atoms with van der Waals surface area (Å²) < 4.78 is 10.4. The molecule has 0 bridgehead atoms. The molecule has 0 spiro atoms. The zero-order valence-corrected chi connectivity index (χ0v) is 16.3. The van der Waals surface area contributed by atoms with Gasteiger partial charge >= 0.3 is 0 Å². The van der Waals surface area contributed by atoms with E-state index in [2.05, 4.69) is 20.8 Å². The minimum absolute atomic E-state index is 0.122. The van der Waals surface area contributed by atoms with Crippen molar-refractivity contribution >= 4 is 17.5 Å². The molecular formula is C21H22N4O4. The molecule has 0 atom stereocenters. The molecule has 0 radical (unpaired) electrons. The molecule has 3 aromatic rings. The Balaban J connectivity index is 1.58. The fraction of sp³-hybridized carbons (Fsp3) is 0.238. The number of aromatic nitrogens is 2. The van der Waals surface area contributed by atoms with Gasteiger partial charge in [-0.3, -0.25) is 9.59 Å². The Bertz CT molecular complexity index is 982. The number of benzene rings is 2. The van der Waals surface area contributed by atoms with E-state index in [9.17, 15) is 9.59 Å². The molecule has 1 heterocycles. The molecule has 0 aliphatic rings. The summed E-state index contributed by atoms with van der Waals surface area (Å²) in [5.41, 5.74) is 2.17. The number of hydrogen-bond acceptors (Lipinski definition) is 6. The first-order chi connectivity index (χ1) is 14.1. The van der Waals surface area contributed by atoms with Gasteiger partial charge < -0.3 is 19.9 Å². The number of nitrogens with zero attached hydrogens (tertiary/aromatic N) is 2. The highest BCUT2D eigenvalue weighted by Gasteiger charge is 2.13. The van der Waals surface area contributed by atoms with E-state index in [0.717, 1.165) is 16.9 Å². The van der Waals surface area contributed by atoms with Crippen molar-refractivity contribution < 1.29 is 18.8 Å². The number of aryl methyl sites for hydroxylation is 1. The lowest BCUT2D eigenvalue weighted by Gasteiger charge is -2.10. The average molecular weight is 394 g/mol. The van der Waals surface area contributed by atoms with Crippen LogP contribution < -0.4 is 15.4 Å². The summed E-state index contributed by atoms with van der Waals surface area (Å²) in [5, 5.41) is 9.37. The molecule has 8 nitrogen and oxygen atoms in total. The van der Waals surface area contributed by atoms with E-state index in [1.165, 1.54) is 0 Å². The summed E-state index contributed by atoms with van der Waals surface area (Å²) in [4.78, 5) is 28.3. The van der Waals surface area contributed by atoms with Gasteiger partial charge in [-0.05, 0) is 35.9 Å². The van der Waals surface area contributed by atoms with Crippen molar-refractivity contribution in [2.75, 3.05) is 19.5 Å². The number of hydrogen-bond donors (Lipinski definition) is 2. The number of likely N-dealkylation sites (N-methyl/N-ethyl adjacent to an activating group) is 1. The topological polar surface area (TPSA) is 106 Å². The standard InChI is InChI=1S/C21H22N4O4/c1-22-19(27)13-15-5-3-4-6-17(15)23-18(26)11-12-20-24-21(25-29-20)14-7-9-16(28-2)10-8-14/h3-10H,11-13H2,1-2H3,(H,22,27)(H,23,26). The summed E-state index contributed by atoms with van der Waals surface area (Å²) >= 11 is 0. The summed E-state index contributed by atoms with van der Waals surface area (Å²) in [6.07, 6.45) is 0.687. The number of anilines is 1. The van der Waals surface area contributed by atoms with Gasteiger partial charge in [-0.1, -0.05) is 23.4 Å². The highest BCUT2D eigenvalue weighted by Crippen LogP contribution is 2.20. The van der Waals surface area contributed by atoms with Crippen LogP contribution in [-0.4, -0.2) is 36.1 Å². The normalized spacial score (nSPS) is 10.4. The summed E-state index contributed by atoms with van der Waals surface area (Å²) in [5.74, 6) is 1.26. The third kappa shape index (κ3) is 5.41. The second kappa shape index (κ2) is 9.50. The lowest BCUT2D eigenvalue weighted by molar-refractivity contribution is -0.120. The summed E-state index contributed by atoms with van der Waals surface area (Å²) in [6, 6.07) is 14.5. The van der Waals surface area contributed by atoms with Gasteiger partial charge in [0.05, 0.1) is 13.5 Å². The first-order valence-corrected chi connectivity index (χ1v) is 9.14. The fourth-order valence-electron chi connectivity index (χ4n) is 2.70. The molecule has 0 aliphatic heterocycles. The van der Waals surface area contributed by atoms with Crippen molar-refractivity contribution in [2.45, 2.75) is 19.3 Å². The smallest absolute Gasteiger partial charge is 0.227 e. The van der Waals surface area contributed by atoms with Gasteiger partial charge in [0.2, 0.25) is 23.5 Å². The van der Waals surface area contributed by atoms with Crippen LogP contribution in [0.4, 0.5) is 5.69 Å². The van der Waals surface area contributed by atoms with Gasteiger partial charge in [0, 0.05) is 31.1 Å². The molecule has 0 saturated carbocycles. The van der Waals surface area contributed by atoms with Gasteiger partial charge in [0.25, 0.3) is 0 Å². The van der Waals surface area contributed by atoms with Crippen LogP contribution in [0.3, 0.4) is 0 Å². The maximum Gasteiger partial charge on any atom is 0.227 e. The second-order valence-corrected chi connectivity index (χ2v) is 6.30. The molecule has 29 heavy (non-hydrogen) atoms. The Morgan fingerprint density at radius 3 is 2.55 bits per heavy atom. The number of nitrogens with one attached hydrogen (secondary N) is 2. The van der Waals surface area contributed by atoms with E-state index < -0.39 is 0 Å². The molecule has 0 fully saturated rings. The van der Waals surface area contributed by atoms with Crippen LogP contribution in [0.5, 0.6) is 5.75 Å². The monoisotopic (exact) mass is 394 g/mol. The van der Waals surface area contributed by atoms with Crippen LogP contribution in [0, 0.1) is 0 Å². The third-order valence-electron chi connectivity index (χ3n) is 4.30. The zero-order chi connectivity index (χ0) is 20.6. The number of methoxy groups -OCH3 is 1. The summed E-state index contributed by atoms with van der Waals surface area (Å²) in [6.45, 7) is 0. The fourth-order valence-corrected chi connectivity index (χ4v) is 2.70. The van der Waals surface area contributed by atoms with Gasteiger partial charge in [-0.2, -0.15) is 4.98 Å². The van der Waals surface area contributed by atoms with Crippen molar-refractivity contribution in [2.24, 2.45) is 0 Å². The maximum atomic E-state index is 12.3. The van der Waals surface area contributed by atoms with Crippen molar-refractivity contribution in [3.63, 3.8) is 0 Å². The van der Waals surface area contributed by atoms with Crippen LogP contribution in [0.25, 0.3) is 11.4 Å². The van der Waals surface area contributed by atoms with E-state index in [4.69, 9.17) is 9.26 Å². The second-order valence-electron chi connectivity index (χ2n) is 6.30. The van der Waals surface area contributed by atoms with Crippen molar-refractivity contribution in [3.05, 3.63) is 60.0 Å². The first-order valence-electron chi connectivity index (χ1n) is 9.14. The lowest BCUT2D eigenvalue weighted by atomic mass is 10.1. The molecule has 3 rings (SSSR count). The molecule has 0 aliphatic carbocycles. The Morgan fingerprint density at radius 1 is 1.07 bits per heavy atom. The number of amides is 2. The largest absolute Gasteiger partial charge is 0.497 e. The highest BCUT2D eigenvalue weighted by molar-refractivity contribution is 5.92. The third-order valence-corrected chi connectivity index (χ3v) is 4.30. The molecule has 150 valence electrons. The number of para-hydroxylation sites is 1. The molecule has 2 N–H and O–H groups in total. The van der Waals surface area contributed by atoms with Crippen LogP contribution >= 0.6 is 0 Å². The van der Waals surface area contributed by atoms with Gasteiger partial charge in [0.15, 0.2) is 0 Å². The van der Waals surface area contributed by atoms with Crippen molar-refractivity contribution in [3.8, 4) is 17.1 Å². The Hall–Kier alpha value is -3.68. The number of ether oxygens (including phenoxy) is 1. The molecule has 2 amide bonds. The highest BCUT2D eigenvalue weighted by atomic mass is 16.5.